The van der Waals surface area contributed by atoms with E-state index in [9.17, 15) is 4.79 Å². The molecule has 7 heteroatoms. The predicted molar refractivity (Wildman–Crippen MR) is 127 cm³/mol. The van der Waals surface area contributed by atoms with E-state index < -0.39 is 0 Å². The third kappa shape index (κ3) is 3.74. The summed E-state index contributed by atoms with van der Waals surface area (Å²) in [5.41, 5.74) is 3.38. The highest BCUT2D eigenvalue weighted by atomic mass is 16.1. The summed E-state index contributed by atoms with van der Waals surface area (Å²) in [6, 6.07) is 8.69. The van der Waals surface area contributed by atoms with E-state index in [-0.39, 0.29) is 5.56 Å². The minimum Gasteiger partial charge on any atom is -0.341 e. The molecule has 1 spiro atoms. The van der Waals surface area contributed by atoms with E-state index in [4.69, 9.17) is 4.98 Å². The van der Waals surface area contributed by atoms with E-state index >= 15 is 0 Å². The number of hydrogen-bond acceptors (Lipinski definition) is 6. The average molecular weight is 431 g/mol. The number of nitrogens with zero attached hydrogens (tertiary/aromatic N) is 4. The van der Waals surface area contributed by atoms with Crippen LogP contribution in [0, 0.1) is 5.41 Å². The maximum atomic E-state index is 12.5. The van der Waals surface area contributed by atoms with Gasteiger partial charge in [0.1, 0.15) is 16.7 Å². The first kappa shape index (κ1) is 19.7. The molecule has 2 N–H and O–H groups in total. The van der Waals surface area contributed by atoms with Crippen LogP contribution in [0.4, 0.5) is 17.5 Å². The van der Waals surface area contributed by atoms with Crippen molar-refractivity contribution in [1.29, 1.82) is 0 Å². The Morgan fingerprint density at radius 3 is 2.44 bits per heavy atom. The number of aromatic nitrogens is 4. The third-order valence-electron chi connectivity index (χ3n) is 7.79. The molecule has 0 unspecified atom stereocenters. The molecule has 3 fully saturated rings. The molecule has 0 amide bonds. The van der Waals surface area contributed by atoms with Crippen LogP contribution in [-0.2, 0) is 0 Å². The standard InChI is InChI=1S/C25H30N6O/c32-23-21-20(16-26-30-23)28-24(31-14-2-1-3-15-31)29-22(21)27-19-6-4-17(5-7-19)18-8-10-25(11-9-18)12-13-25/h4-7,16,18H,1-3,8-15H2,(H,30,32)(H,27,28,29). The van der Waals surface area contributed by atoms with Crippen molar-refractivity contribution < 1.29 is 0 Å². The van der Waals surface area contributed by atoms with Crippen LogP contribution in [-0.4, -0.2) is 33.3 Å². The van der Waals surface area contributed by atoms with Crippen LogP contribution in [0.5, 0.6) is 0 Å². The molecule has 1 aromatic carbocycles. The van der Waals surface area contributed by atoms with Crippen LogP contribution < -0.4 is 15.8 Å². The molecule has 0 atom stereocenters. The van der Waals surface area contributed by atoms with Crippen molar-refractivity contribution in [3.8, 4) is 0 Å². The molecule has 3 aromatic rings. The highest BCUT2D eigenvalue weighted by molar-refractivity contribution is 5.90. The maximum Gasteiger partial charge on any atom is 0.277 e. The summed E-state index contributed by atoms with van der Waals surface area (Å²) in [5, 5.41) is 10.3. The average Bonchev–Trinajstić information content (AvgIpc) is 3.59. The Morgan fingerprint density at radius 1 is 0.969 bits per heavy atom. The van der Waals surface area contributed by atoms with Crippen molar-refractivity contribution in [2.24, 2.45) is 5.41 Å². The van der Waals surface area contributed by atoms with Gasteiger partial charge in [-0.2, -0.15) is 10.1 Å². The van der Waals surface area contributed by atoms with E-state index in [1.807, 2.05) is 0 Å². The normalized spacial score (nSPS) is 20.6. The first-order valence-corrected chi connectivity index (χ1v) is 12.1. The fourth-order valence-electron chi connectivity index (χ4n) is 5.53. The molecular weight excluding hydrogens is 400 g/mol. The van der Waals surface area contributed by atoms with Gasteiger partial charge in [-0.05, 0) is 86.8 Å². The predicted octanol–water partition coefficient (Wildman–Crippen LogP) is 4.88. The topological polar surface area (TPSA) is 86.8 Å². The van der Waals surface area contributed by atoms with E-state index in [1.54, 1.807) is 6.20 Å². The zero-order valence-corrected chi connectivity index (χ0v) is 18.4. The van der Waals surface area contributed by atoms with Crippen LogP contribution >= 0.6 is 0 Å². The summed E-state index contributed by atoms with van der Waals surface area (Å²) < 4.78 is 0. The van der Waals surface area contributed by atoms with Crippen LogP contribution in [0.1, 0.15) is 69.3 Å². The molecule has 0 bridgehead atoms. The van der Waals surface area contributed by atoms with Gasteiger partial charge in [0, 0.05) is 18.8 Å². The minimum atomic E-state index is -0.275. The Kier molecular flexibility index (Phi) is 4.85. The van der Waals surface area contributed by atoms with Gasteiger partial charge in [0.2, 0.25) is 5.95 Å². The second kappa shape index (κ2) is 7.87. The number of H-pyrrole nitrogens is 1. The molecule has 6 rings (SSSR count). The Labute approximate surface area is 187 Å². The highest BCUT2D eigenvalue weighted by Gasteiger charge is 2.44. The van der Waals surface area contributed by atoms with Crippen LogP contribution in [0.25, 0.3) is 10.9 Å². The van der Waals surface area contributed by atoms with Gasteiger partial charge < -0.3 is 10.2 Å². The Hall–Kier alpha value is -2.96. The second-order valence-corrected chi connectivity index (χ2v) is 9.90. The van der Waals surface area contributed by atoms with Crippen molar-refractivity contribution in [3.05, 3.63) is 46.4 Å². The molecule has 2 aromatic heterocycles. The number of aromatic amines is 1. The zero-order valence-electron chi connectivity index (χ0n) is 18.4. The number of benzene rings is 1. The number of piperidine rings is 1. The van der Waals surface area contributed by atoms with Gasteiger partial charge in [0.15, 0.2) is 0 Å². The molecule has 7 nitrogen and oxygen atoms in total. The van der Waals surface area contributed by atoms with Crippen molar-refractivity contribution in [1.82, 2.24) is 20.2 Å². The first-order valence-electron chi connectivity index (χ1n) is 12.1. The fourth-order valence-corrected chi connectivity index (χ4v) is 5.53. The maximum absolute atomic E-state index is 12.5. The summed E-state index contributed by atoms with van der Waals surface area (Å²) in [6.45, 7) is 1.89. The van der Waals surface area contributed by atoms with Gasteiger partial charge >= 0.3 is 0 Å². The van der Waals surface area contributed by atoms with Crippen LogP contribution in [0.15, 0.2) is 35.3 Å². The lowest BCUT2D eigenvalue weighted by atomic mass is 9.77. The van der Waals surface area contributed by atoms with Gasteiger partial charge in [-0.25, -0.2) is 10.1 Å². The third-order valence-corrected chi connectivity index (χ3v) is 7.79. The molecule has 2 saturated carbocycles. The smallest absolute Gasteiger partial charge is 0.277 e. The van der Waals surface area contributed by atoms with E-state index in [1.165, 1.54) is 50.5 Å². The molecule has 0 radical (unpaired) electrons. The molecule has 1 aliphatic heterocycles. The van der Waals surface area contributed by atoms with Crippen LogP contribution in [0.2, 0.25) is 0 Å². The van der Waals surface area contributed by atoms with Gasteiger partial charge in [0.05, 0.1) is 6.20 Å². The number of fused-ring (bicyclic) bond motifs is 1. The quantitative estimate of drug-likeness (QED) is 0.613. The summed E-state index contributed by atoms with van der Waals surface area (Å²) in [4.78, 5) is 24.2. The van der Waals surface area contributed by atoms with Gasteiger partial charge in [-0.15, -0.1) is 0 Å². The lowest BCUT2D eigenvalue weighted by Crippen LogP contribution is -2.31. The summed E-state index contributed by atoms with van der Waals surface area (Å²) in [7, 11) is 0. The fraction of sp³-hybridized carbons (Fsp3) is 0.520. The lowest BCUT2D eigenvalue weighted by Gasteiger charge is -2.28. The van der Waals surface area contributed by atoms with Crippen molar-refractivity contribution in [3.63, 3.8) is 0 Å². The molecule has 32 heavy (non-hydrogen) atoms. The first-order chi connectivity index (χ1) is 15.7. The van der Waals surface area contributed by atoms with Gasteiger partial charge in [-0.3, -0.25) is 4.79 Å². The molecular formula is C25H30N6O. The van der Waals surface area contributed by atoms with E-state index in [2.05, 4.69) is 49.7 Å². The van der Waals surface area contributed by atoms with E-state index in [0.29, 0.717) is 28.6 Å². The monoisotopic (exact) mass is 430 g/mol. The van der Waals surface area contributed by atoms with E-state index in [0.717, 1.165) is 37.0 Å². The van der Waals surface area contributed by atoms with Crippen molar-refractivity contribution >= 4 is 28.4 Å². The minimum absolute atomic E-state index is 0.275. The summed E-state index contributed by atoms with van der Waals surface area (Å²) in [5.74, 6) is 1.88. The molecule has 166 valence electrons. The summed E-state index contributed by atoms with van der Waals surface area (Å²) in [6.07, 6.45) is 13.4. The second-order valence-electron chi connectivity index (χ2n) is 9.90. The number of rotatable bonds is 4. The Morgan fingerprint density at radius 2 is 1.72 bits per heavy atom. The molecule has 1 saturated heterocycles. The molecule has 2 aliphatic carbocycles. The van der Waals surface area contributed by atoms with Gasteiger partial charge in [0.25, 0.3) is 5.56 Å². The summed E-state index contributed by atoms with van der Waals surface area (Å²) >= 11 is 0. The number of nitrogens with one attached hydrogen (secondary N) is 2. The zero-order chi connectivity index (χ0) is 21.5. The largest absolute Gasteiger partial charge is 0.341 e. The SMILES string of the molecule is O=c1[nH]ncc2nc(N3CCCCC3)nc(Nc3ccc(C4CCC5(CC4)CC5)cc3)c12. The van der Waals surface area contributed by atoms with Crippen molar-refractivity contribution in [2.45, 2.75) is 63.7 Å². The molecule has 3 heterocycles. The number of anilines is 3. The Balaban J connectivity index is 1.27. The van der Waals surface area contributed by atoms with Crippen LogP contribution in [0.3, 0.4) is 0 Å². The molecule has 3 aliphatic rings. The van der Waals surface area contributed by atoms with Gasteiger partial charge in [-0.1, -0.05) is 12.1 Å². The number of hydrogen-bond donors (Lipinski definition) is 2. The Bertz CT molecular complexity index is 1170. The highest BCUT2D eigenvalue weighted by Crippen LogP contribution is 2.58. The lowest BCUT2D eigenvalue weighted by molar-refractivity contribution is 0.306. The van der Waals surface area contributed by atoms with Crippen molar-refractivity contribution in [2.75, 3.05) is 23.3 Å².